The minimum Gasteiger partial charge on any atom is -0.365 e. The van der Waals surface area contributed by atoms with E-state index in [1.165, 1.54) is 15.7 Å². The maximum Gasteiger partial charge on any atom is 0.266 e. The number of carbonyl (C=O) groups excluding carboxylic acids is 2. The van der Waals surface area contributed by atoms with Crippen LogP contribution in [0.25, 0.3) is 0 Å². The zero-order valence-electron chi connectivity index (χ0n) is 11.8. The number of carbonyl (C=O) groups is 2. The maximum absolute atomic E-state index is 12.3. The number of hydrogen-bond acceptors (Lipinski definition) is 4. The number of hydrogen-bond donors (Lipinski definition) is 1. The van der Waals surface area contributed by atoms with Gasteiger partial charge in [0, 0.05) is 26.3 Å². The minimum atomic E-state index is -0.800. The minimum absolute atomic E-state index is 0.0932. The predicted molar refractivity (Wildman–Crippen MR) is 72.4 cm³/mol. The van der Waals surface area contributed by atoms with Gasteiger partial charge >= 0.3 is 0 Å². The van der Waals surface area contributed by atoms with Gasteiger partial charge in [0.25, 0.3) is 11.5 Å². The van der Waals surface area contributed by atoms with Crippen LogP contribution < -0.4 is 11.3 Å². The predicted octanol–water partition coefficient (Wildman–Crippen LogP) is -0.131. The summed E-state index contributed by atoms with van der Waals surface area (Å²) in [6, 6.07) is -0.101. The van der Waals surface area contributed by atoms with Crippen molar-refractivity contribution < 1.29 is 9.59 Å². The van der Waals surface area contributed by atoms with Gasteiger partial charge in [-0.25, -0.2) is 4.98 Å². The molecule has 1 aliphatic rings. The lowest BCUT2D eigenvalue weighted by Gasteiger charge is -2.31. The topological polar surface area (TPSA) is 98.3 Å². The van der Waals surface area contributed by atoms with Crippen LogP contribution in [0.4, 0.5) is 0 Å². The molecule has 2 unspecified atom stereocenters. The van der Waals surface area contributed by atoms with Gasteiger partial charge in [-0.2, -0.15) is 0 Å². The molecule has 0 aromatic carbocycles. The first kappa shape index (κ1) is 14.2. The smallest absolute Gasteiger partial charge is 0.266 e. The lowest BCUT2D eigenvalue weighted by atomic mass is 9.93. The van der Waals surface area contributed by atoms with Crippen LogP contribution in [0.15, 0.2) is 11.0 Å². The van der Waals surface area contributed by atoms with Crippen molar-refractivity contribution in [3.05, 3.63) is 27.9 Å². The molecule has 1 aromatic rings. The molecular weight excluding hydrogens is 260 g/mol. The first-order chi connectivity index (χ1) is 9.34. The van der Waals surface area contributed by atoms with Gasteiger partial charge in [-0.15, -0.1) is 0 Å². The number of nitrogens with two attached hydrogens (primary N) is 1. The van der Waals surface area contributed by atoms with E-state index in [1.807, 2.05) is 6.92 Å². The Morgan fingerprint density at radius 1 is 1.40 bits per heavy atom. The quantitative estimate of drug-likeness (QED) is 0.814. The molecule has 2 rings (SSSR count). The zero-order valence-corrected chi connectivity index (χ0v) is 11.8. The summed E-state index contributed by atoms with van der Waals surface area (Å²) in [5, 5.41) is 0. The molecule has 0 saturated carbocycles. The van der Waals surface area contributed by atoms with Crippen LogP contribution in [-0.4, -0.2) is 40.4 Å². The van der Waals surface area contributed by atoms with E-state index < -0.39 is 17.4 Å². The summed E-state index contributed by atoms with van der Waals surface area (Å²) < 4.78 is 1.43. The van der Waals surface area contributed by atoms with Gasteiger partial charge in [-0.1, -0.05) is 0 Å². The van der Waals surface area contributed by atoms with E-state index in [0.29, 0.717) is 18.7 Å². The van der Waals surface area contributed by atoms with Crippen molar-refractivity contribution in [2.24, 2.45) is 5.73 Å². The fourth-order valence-corrected chi connectivity index (χ4v) is 2.55. The van der Waals surface area contributed by atoms with E-state index in [2.05, 4.69) is 4.98 Å². The molecule has 1 aliphatic heterocycles. The fourth-order valence-electron chi connectivity index (χ4n) is 2.55. The highest BCUT2D eigenvalue weighted by Gasteiger charge is 2.33. The van der Waals surface area contributed by atoms with E-state index >= 15 is 0 Å². The number of rotatable bonds is 2. The molecule has 7 heteroatoms. The molecule has 0 fully saturated rings. The molecule has 2 N–H and O–H groups in total. The molecular formula is C13H18N4O3. The normalized spacial score (nSPS) is 21.1. The lowest BCUT2D eigenvalue weighted by Crippen LogP contribution is -2.41. The molecule has 2 heterocycles. The standard InChI is InChI=1S/C13H18N4O3/c1-7-4-5-8(12(19)16(2)3)11-15-6-9(10(14)18)13(20)17(7)11/h6-8H,4-5H2,1-3H3,(H2,14,18). The Bertz CT molecular complexity index is 621. The van der Waals surface area contributed by atoms with Gasteiger partial charge in [0.15, 0.2) is 0 Å². The number of fused-ring (bicyclic) bond motifs is 1. The summed E-state index contributed by atoms with van der Waals surface area (Å²) in [6.45, 7) is 1.87. The molecule has 1 aromatic heterocycles. The Morgan fingerprint density at radius 3 is 2.60 bits per heavy atom. The van der Waals surface area contributed by atoms with Gasteiger partial charge in [0.2, 0.25) is 5.91 Å². The first-order valence-corrected chi connectivity index (χ1v) is 6.47. The Morgan fingerprint density at radius 2 is 2.05 bits per heavy atom. The van der Waals surface area contributed by atoms with Crippen LogP contribution >= 0.6 is 0 Å². The SMILES string of the molecule is CC1CCC(C(=O)N(C)C)c2ncc(C(N)=O)c(=O)n21. The fraction of sp³-hybridized carbons (Fsp3) is 0.538. The summed E-state index contributed by atoms with van der Waals surface area (Å²) in [6.07, 6.45) is 2.49. The number of nitrogens with zero attached hydrogens (tertiary/aromatic N) is 3. The van der Waals surface area contributed by atoms with Crippen molar-refractivity contribution in [2.45, 2.75) is 31.7 Å². The Labute approximate surface area is 116 Å². The average molecular weight is 278 g/mol. The molecule has 0 radical (unpaired) electrons. The molecule has 0 saturated heterocycles. The summed E-state index contributed by atoms with van der Waals surface area (Å²) in [5.41, 5.74) is 4.56. The van der Waals surface area contributed by atoms with Gasteiger partial charge in [-0.3, -0.25) is 19.0 Å². The molecule has 0 spiro atoms. The van der Waals surface area contributed by atoms with Gasteiger partial charge in [-0.05, 0) is 19.8 Å². The summed E-state index contributed by atoms with van der Waals surface area (Å²) in [4.78, 5) is 41.3. The highest BCUT2D eigenvalue weighted by atomic mass is 16.2. The van der Waals surface area contributed by atoms with Crippen LogP contribution in [-0.2, 0) is 4.79 Å². The zero-order chi connectivity index (χ0) is 15.0. The summed E-state index contributed by atoms with van der Waals surface area (Å²) in [5.74, 6) is -0.927. The van der Waals surface area contributed by atoms with Crippen molar-refractivity contribution in [2.75, 3.05) is 14.1 Å². The Hall–Kier alpha value is -2.18. The summed E-state index contributed by atoms with van der Waals surface area (Å²) in [7, 11) is 3.33. The number of amides is 2. The second kappa shape index (κ2) is 5.07. The van der Waals surface area contributed by atoms with Gasteiger partial charge < -0.3 is 10.6 Å². The molecule has 2 atom stereocenters. The van der Waals surface area contributed by atoms with E-state index in [0.717, 1.165) is 0 Å². The second-order valence-corrected chi connectivity index (χ2v) is 5.28. The van der Waals surface area contributed by atoms with Crippen LogP contribution in [0.2, 0.25) is 0 Å². The maximum atomic E-state index is 12.3. The van der Waals surface area contributed by atoms with E-state index in [9.17, 15) is 14.4 Å². The number of primary amides is 1. The number of aromatic nitrogens is 2. The monoisotopic (exact) mass is 278 g/mol. The van der Waals surface area contributed by atoms with Crippen molar-refractivity contribution in [1.82, 2.24) is 14.5 Å². The summed E-state index contributed by atoms with van der Waals surface area (Å²) >= 11 is 0. The molecule has 20 heavy (non-hydrogen) atoms. The Kier molecular flexibility index (Phi) is 3.61. The van der Waals surface area contributed by atoms with E-state index in [1.54, 1.807) is 14.1 Å². The molecule has 0 bridgehead atoms. The van der Waals surface area contributed by atoms with Crippen LogP contribution in [0.1, 0.15) is 47.9 Å². The molecule has 7 nitrogen and oxygen atoms in total. The average Bonchev–Trinajstić information content (AvgIpc) is 2.37. The second-order valence-electron chi connectivity index (χ2n) is 5.28. The molecule has 2 amide bonds. The lowest BCUT2D eigenvalue weighted by molar-refractivity contribution is -0.131. The van der Waals surface area contributed by atoms with Crippen LogP contribution in [0, 0.1) is 0 Å². The van der Waals surface area contributed by atoms with Crippen LogP contribution in [0.5, 0.6) is 0 Å². The van der Waals surface area contributed by atoms with E-state index in [4.69, 9.17) is 5.73 Å². The number of likely N-dealkylation sites (N-methyl/N-ethyl adjacent to an activating group) is 1. The van der Waals surface area contributed by atoms with Crippen molar-refractivity contribution in [1.29, 1.82) is 0 Å². The molecule has 0 aliphatic carbocycles. The van der Waals surface area contributed by atoms with Crippen LogP contribution in [0.3, 0.4) is 0 Å². The van der Waals surface area contributed by atoms with Crippen molar-refractivity contribution in [3.63, 3.8) is 0 Å². The third-order valence-electron chi connectivity index (χ3n) is 3.65. The van der Waals surface area contributed by atoms with Crippen molar-refractivity contribution in [3.8, 4) is 0 Å². The Balaban J connectivity index is 2.60. The van der Waals surface area contributed by atoms with E-state index in [-0.39, 0.29) is 17.5 Å². The largest absolute Gasteiger partial charge is 0.365 e. The molecule has 108 valence electrons. The highest BCUT2D eigenvalue weighted by Crippen LogP contribution is 2.31. The van der Waals surface area contributed by atoms with Gasteiger partial charge in [0.05, 0.1) is 5.92 Å². The van der Waals surface area contributed by atoms with Crippen molar-refractivity contribution >= 4 is 11.8 Å². The first-order valence-electron chi connectivity index (χ1n) is 6.47. The highest BCUT2D eigenvalue weighted by molar-refractivity contribution is 5.92. The third kappa shape index (κ3) is 2.19. The van der Waals surface area contributed by atoms with Gasteiger partial charge in [0.1, 0.15) is 11.4 Å². The third-order valence-corrected chi connectivity index (χ3v) is 3.65.